The summed E-state index contributed by atoms with van der Waals surface area (Å²) in [6.07, 6.45) is 1.71. The lowest BCUT2D eigenvalue weighted by Crippen LogP contribution is -1.99. The highest BCUT2D eigenvalue weighted by atomic mass is 16.4. The van der Waals surface area contributed by atoms with Crippen molar-refractivity contribution in [2.45, 2.75) is 0 Å². The summed E-state index contributed by atoms with van der Waals surface area (Å²) in [5, 5.41) is 26.6. The molecule has 1 heterocycles. The Kier molecular flexibility index (Phi) is 3.12. The van der Waals surface area contributed by atoms with E-state index in [1.165, 1.54) is 16.8 Å². The van der Waals surface area contributed by atoms with Gasteiger partial charge in [0.25, 0.3) is 0 Å². The van der Waals surface area contributed by atoms with Gasteiger partial charge in [-0.15, -0.1) is 5.10 Å². The highest BCUT2D eigenvalue weighted by Gasteiger charge is 2.11. The van der Waals surface area contributed by atoms with Crippen molar-refractivity contribution in [2.24, 2.45) is 0 Å². The molecule has 0 aliphatic rings. The zero-order valence-electron chi connectivity index (χ0n) is 10.8. The highest BCUT2D eigenvalue weighted by Crippen LogP contribution is 2.22. The first-order valence-corrected chi connectivity index (χ1v) is 6.19. The number of carboxylic acids is 1. The van der Waals surface area contributed by atoms with Crippen LogP contribution in [0.4, 0.5) is 0 Å². The second-order valence-corrected chi connectivity index (χ2v) is 4.42. The Balaban J connectivity index is 1.97. The van der Waals surface area contributed by atoms with Crippen LogP contribution in [-0.4, -0.2) is 31.2 Å². The summed E-state index contributed by atoms with van der Waals surface area (Å²) in [6.45, 7) is 0. The number of hydrogen-bond donors (Lipinski definition) is 2. The van der Waals surface area contributed by atoms with Gasteiger partial charge in [-0.2, -0.15) is 0 Å². The molecule has 0 radical (unpaired) electrons. The molecule has 6 nitrogen and oxygen atoms in total. The Morgan fingerprint density at radius 2 is 1.86 bits per heavy atom. The number of aromatic hydroxyl groups is 1. The maximum atomic E-state index is 10.9. The van der Waals surface area contributed by atoms with E-state index in [2.05, 4.69) is 10.3 Å². The lowest BCUT2D eigenvalue weighted by atomic mass is 10.1. The maximum absolute atomic E-state index is 10.9. The molecule has 21 heavy (non-hydrogen) atoms. The van der Waals surface area contributed by atoms with Gasteiger partial charge in [-0.3, -0.25) is 0 Å². The zero-order chi connectivity index (χ0) is 14.8. The smallest absolute Gasteiger partial charge is 0.339 e. The van der Waals surface area contributed by atoms with Crippen molar-refractivity contribution in [3.63, 3.8) is 0 Å². The molecule has 0 aliphatic heterocycles. The molecular weight excluding hydrogens is 270 g/mol. The molecule has 0 saturated carbocycles. The molecule has 3 rings (SSSR count). The minimum Gasteiger partial charge on any atom is -0.507 e. The van der Waals surface area contributed by atoms with E-state index >= 15 is 0 Å². The van der Waals surface area contributed by atoms with Gasteiger partial charge in [0, 0.05) is 11.6 Å². The van der Waals surface area contributed by atoms with Crippen LogP contribution in [0.1, 0.15) is 10.4 Å². The van der Waals surface area contributed by atoms with Crippen molar-refractivity contribution < 1.29 is 15.0 Å². The first kappa shape index (κ1) is 12.9. The Labute approximate surface area is 119 Å². The minimum absolute atomic E-state index is 0.151. The summed E-state index contributed by atoms with van der Waals surface area (Å²) >= 11 is 0. The fourth-order valence-corrected chi connectivity index (χ4v) is 1.97. The van der Waals surface area contributed by atoms with Crippen molar-refractivity contribution >= 4 is 5.97 Å². The van der Waals surface area contributed by atoms with Crippen molar-refractivity contribution in [1.82, 2.24) is 15.0 Å². The molecule has 104 valence electrons. The van der Waals surface area contributed by atoms with E-state index < -0.39 is 5.97 Å². The van der Waals surface area contributed by atoms with Crippen molar-refractivity contribution in [3.05, 3.63) is 60.3 Å². The number of nitrogens with zero attached hydrogens (tertiary/aromatic N) is 3. The molecule has 0 unspecified atom stereocenters. The van der Waals surface area contributed by atoms with Crippen LogP contribution in [0.2, 0.25) is 0 Å². The third-order valence-electron chi connectivity index (χ3n) is 3.04. The molecule has 6 heteroatoms. The quantitative estimate of drug-likeness (QED) is 0.769. The molecule has 0 saturated heterocycles. The van der Waals surface area contributed by atoms with E-state index in [1.54, 1.807) is 12.3 Å². The van der Waals surface area contributed by atoms with E-state index in [9.17, 15) is 9.90 Å². The van der Waals surface area contributed by atoms with Gasteiger partial charge in [-0.1, -0.05) is 35.5 Å². The van der Waals surface area contributed by atoms with Crippen molar-refractivity contribution in [1.29, 1.82) is 0 Å². The predicted molar refractivity (Wildman–Crippen MR) is 75.4 cm³/mol. The second kappa shape index (κ2) is 5.09. The molecular formula is C15H11N3O3. The van der Waals surface area contributed by atoms with Gasteiger partial charge in [0.15, 0.2) is 0 Å². The summed E-state index contributed by atoms with van der Waals surface area (Å²) in [6, 6.07) is 13.8. The molecule has 3 aromatic rings. The van der Waals surface area contributed by atoms with Gasteiger partial charge >= 0.3 is 5.97 Å². The van der Waals surface area contributed by atoms with Gasteiger partial charge in [0.2, 0.25) is 0 Å². The molecule has 2 N–H and O–H groups in total. The van der Waals surface area contributed by atoms with E-state index in [1.807, 2.05) is 30.3 Å². The molecule has 0 atom stereocenters. The first-order chi connectivity index (χ1) is 10.1. The average molecular weight is 281 g/mol. The van der Waals surface area contributed by atoms with Crippen molar-refractivity contribution in [3.8, 4) is 22.7 Å². The SMILES string of the molecule is O=C(O)c1ccc(-n2cc(-c3ccccc3)nn2)cc1O. The van der Waals surface area contributed by atoms with Crippen molar-refractivity contribution in [2.75, 3.05) is 0 Å². The zero-order valence-corrected chi connectivity index (χ0v) is 10.8. The number of benzene rings is 2. The lowest BCUT2D eigenvalue weighted by molar-refractivity contribution is 0.0694. The van der Waals surface area contributed by atoms with Gasteiger partial charge in [-0.25, -0.2) is 9.48 Å². The minimum atomic E-state index is -1.18. The van der Waals surface area contributed by atoms with Crippen LogP contribution in [0.15, 0.2) is 54.7 Å². The van der Waals surface area contributed by atoms with Crippen LogP contribution in [0.5, 0.6) is 5.75 Å². The van der Waals surface area contributed by atoms with E-state index in [0.29, 0.717) is 11.4 Å². The number of carbonyl (C=O) groups is 1. The number of carboxylic acid groups (broad SMARTS) is 1. The normalized spacial score (nSPS) is 10.5. The molecule has 1 aromatic heterocycles. The third kappa shape index (κ3) is 2.46. The van der Waals surface area contributed by atoms with E-state index in [-0.39, 0.29) is 11.3 Å². The number of rotatable bonds is 3. The number of aromatic carboxylic acids is 1. The van der Waals surface area contributed by atoms with E-state index in [4.69, 9.17) is 5.11 Å². The molecule has 0 fully saturated rings. The monoisotopic (exact) mass is 281 g/mol. The Morgan fingerprint density at radius 3 is 2.52 bits per heavy atom. The highest BCUT2D eigenvalue weighted by molar-refractivity contribution is 5.91. The van der Waals surface area contributed by atoms with E-state index in [0.717, 1.165) is 5.56 Å². The number of aromatic nitrogens is 3. The topological polar surface area (TPSA) is 88.2 Å². The molecule has 0 spiro atoms. The summed E-state index contributed by atoms with van der Waals surface area (Å²) in [7, 11) is 0. The second-order valence-electron chi connectivity index (χ2n) is 4.42. The summed E-state index contributed by atoms with van der Waals surface area (Å²) in [5.74, 6) is -1.49. The lowest BCUT2D eigenvalue weighted by Gasteiger charge is -2.03. The summed E-state index contributed by atoms with van der Waals surface area (Å²) < 4.78 is 1.48. The molecule has 0 amide bonds. The summed E-state index contributed by atoms with van der Waals surface area (Å²) in [5.41, 5.74) is 2.00. The fraction of sp³-hybridized carbons (Fsp3) is 0. The van der Waals surface area contributed by atoms with Crippen LogP contribution in [-0.2, 0) is 0 Å². The van der Waals surface area contributed by atoms with Gasteiger partial charge < -0.3 is 10.2 Å². The van der Waals surface area contributed by atoms with Crippen LogP contribution in [0.3, 0.4) is 0 Å². The van der Waals surface area contributed by atoms with Gasteiger partial charge in [0.05, 0.1) is 11.9 Å². The van der Waals surface area contributed by atoms with Gasteiger partial charge in [-0.05, 0) is 12.1 Å². The summed E-state index contributed by atoms with van der Waals surface area (Å²) in [4.78, 5) is 10.9. The Morgan fingerprint density at radius 1 is 1.10 bits per heavy atom. The van der Waals surface area contributed by atoms with Crippen LogP contribution < -0.4 is 0 Å². The Hall–Kier alpha value is -3.15. The number of hydrogen-bond acceptors (Lipinski definition) is 4. The number of phenols is 1. The average Bonchev–Trinajstić information content (AvgIpc) is 2.97. The predicted octanol–water partition coefficient (Wildman–Crippen LogP) is 2.34. The Bertz CT molecular complexity index is 797. The maximum Gasteiger partial charge on any atom is 0.339 e. The molecule has 2 aromatic carbocycles. The standard InChI is InChI=1S/C15H11N3O3/c19-14-8-11(6-7-12(14)15(20)21)18-9-13(16-17-18)10-4-2-1-3-5-10/h1-9,19H,(H,20,21). The van der Waals surface area contributed by atoms with Crippen LogP contribution >= 0.6 is 0 Å². The van der Waals surface area contributed by atoms with Gasteiger partial charge in [0.1, 0.15) is 17.0 Å². The largest absolute Gasteiger partial charge is 0.507 e. The first-order valence-electron chi connectivity index (χ1n) is 6.19. The van der Waals surface area contributed by atoms with Crippen LogP contribution in [0.25, 0.3) is 16.9 Å². The fourth-order valence-electron chi connectivity index (χ4n) is 1.97. The molecule has 0 aliphatic carbocycles. The third-order valence-corrected chi connectivity index (χ3v) is 3.04. The molecule has 0 bridgehead atoms. The van der Waals surface area contributed by atoms with Crippen LogP contribution in [0, 0.1) is 0 Å².